The van der Waals surface area contributed by atoms with Gasteiger partial charge >= 0.3 is 5.69 Å². The molecule has 0 atom stereocenters. The molecular weight excluding hydrogens is 306 g/mol. The molecule has 3 aromatic rings. The van der Waals surface area contributed by atoms with Crippen LogP contribution in [-0.4, -0.2) is 23.1 Å². The molecule has 0 aromatic carbocycles. The number of nitrogens with zero attached hydrogens (tertiary/aromatic N) is 5. The molecule has 126 valence electrons. The molecule has 3 aromatic heterocycles. The smallest absolute Gasteiger partial charge is 0.310 e. The van der Waals surface area contributed by atoms with Crippen molar-refractivity contribution in [1.82, 2.24) is 23.1 Å². The average Bonchev–Trinajstić information content (AvgIpc) is 3.06. The molecule has 0 aliphatic carbocycles. The van der Waals surface area contributed by atoms with Gasteiger partial charge in [0.2, 0.25) is 5.78 Å². The van der Waals surface area contributed by atoms with E-state index < -0.39 is 0 Å². The lowest BCUT2D eigenvalue weighted by atomic mass is 10.4. The van der Waals surface area contributed by atoms with Crippen LogP contribution in [0, 0.1) is 6.92 Å². The van der Waals surface area contributed by atoms with Crippen molar-refractivity contribution >= 4 is 16.9 Å². The van der Waals surface area contributed by atoms with Crippen LogP contribution in [0.3, 0.4) is 0 Å². The van der Waals surface area contributed by atoms with Crippen molar-refractivity contribution in [1.29, 1.82) is 0 Å². The van der Waals surface area contributed by atoms with E-state index >= 15 is 0 Å². The molecule has 3 heterocycles. The van der Waals surface area contributed by atoms with Crippen LogP contribution in [0.25, 0.3) is 16.9 Å². The van der Waals surface area contributed by atoms with E-state index in [1.54, 1.807) is 17.5 Å². The molecule has 24 heavy (non-hydrogen) atoms. The Kier molecular flexibility index (Phi) is 4.01. The van der Waals surface area contributed by atoms with Gasteiger partial charge in [0.1, 0.15) is 0 Å². The Hall–Kier alpha value is -2.83. The van der Waals surface area contributed by atoms with Gasteiger partial charge in [0.25, 0.3) is 5.56 Å². The van der Waals surface area contributed by atoms with Gasteiger partial charge in [-0.25, -0.2) is 4.79 Å². The maximum Gasteiger partial charge on any atom is 0.332 e. The number of aromatic nitrogens is 5. The van der Waals surface area contributed by atoms with Crippen LogP contribution in [0.4, 0.5) is 0 Å². The number of imidazole rings is 2. The largest absolute Gasteiger partial charge is 0.332 e. The van der Waals surface area contributed by atoms with Crippen molar-refractivity contribution < 1.29 is 0 Å². The van der Waals surface area contributed by atoms with E-state index in [0.29, 0.717) is 23.5 Å². The summed E-state index contributed by atoms with van der Waals surface area (Å²) in [7, 11) is 1.64. The van der Waals surface area contributed by atoms with E-state index in [1.165, 1.54) is 9.13 Å². The zero-order chi connectivity index (χ0) is 17.4. The molecule has 0 unspecified atom stereocenters. The number of aryl methyl sites for hydroxylation is 2. The molecule has 3 rings (SSSR count). The van der Waals surface area contributed by atoms with Gasteiger partial charge in [-0.1, -0.05) is 24.3 Å². The maximum atomic E-state index is 12.8. The number of rotatable bonds is 4. The molecule has 0 saturated carbocycles. The first kappa shape index (κ1) is 16.0. The van der Waals surface area contributed by atoms with Crippen molar-refractivity contribution in [2.24, 2.45) is 7.05 Å². The minimum atomic E-state index is -0.358. The molecule has 0 spiro atoms. The highest BCUT2D eigenvalue weighted by Gasteiger charge is 2.19. The summed E-state index contributed by atoms with van der Waals surface area (Å²) in [6, 6.07) is 0. The Labute approximate surface area is 138 Å². The molecule has 7 heteroatoms. The van der Waals surface area contributed by atoms with Gasteiger partial charge in [0.15, 0.2) is 11.2 Å². The third-order valence-electron chi connectivity index (χ3n) is 4.19. The highest BCUT2D eigenvalue weighted by Crippen LogP contribution is 2.16. The van der Waals surface area contributed by atoms with Gasteiger partial charge in [-0.3, -0.25) is 18.3 Å². The van der Waals surface area contributed by atoms with Crippen molar-refractivity contribution in [3.63, 3.8) is 0 Å². The number of hydrogen-bond acceptors (Lipinski definition) is 3. The molecule has 0 aliphatic rings. The van der Waals surface area contributed by atoms with Crippen molar-refractivity contribution in [3.8, 4) is 0 Å². The highest BCUT2D eigenvalue weighted by atomic mass is 16.2. The fourth-order valence-electron chi connectivity index (χ4n) is 2.86. The summed E-state index contributed by atoms with van der Waals surface area (Å²) in [6.45, 7) is 6.72. The van der Waals surface area contributed by atoms with E-state index in [4.69, 9.17) is 0 Å². The minimum absolute atomic E-state index is 0.253. The van der Waals surface area contributed by atoms with Crippen LogP contribution in [-0.2, 0) is 20.1 Å². The Balaban J connectivity index is 2.41. The van der Waals surface area contributed by atoms with Gasteiger partial charge in [-0.05, 0) is 20.8 Å². The van der Waals surface area contributed by atoms with Gasteiger partial charge < -0.3 is 4.57 Å². The standard InChI is InChI=1S/C17H21N5O2/c1-5-7-9-20-12(3)11-22-13-14(18-16(20)22)19(4)17(24)21(15(13)23)10-8-6-2/h5-8,11H,9-10H2,1-4H3. The van der Waals surface area contributed by atoms with Gasteiger partial charge in [-0.2, -0.15) is 4.98 Å². The summed E-state index contributed by atoms with van der Waals surface area (Å²) in [5.41, 5.74) is 1.17. The molecular formula is C17H21N5O2. The maximum absolute atomic E-state index is 12.8. The topological polar surface area (TPSA) is 66.2 Å². The monoisotopic (exact) mass is 327 g/mol. The zero-order valence-corrected chi connectivity index (χ0v) is 14.4. The van der Waals surface area contributed by atoms with Crippen LogP contribution in [0.1, 0.15) is 19.5 Å². The molecule has 0 N–H and O–H groups in total. The van der Waals surface area contributed by atoms with E-state index in [1.807, 2.05) is 49.8 Å². The van der Waals surface area contributed by atoms with Gasteiger partial charge in [0.05, 0.1) is 0 Å². The Morgan fingerprint density at radius 1 is 1.08 bits per heavy atom. The summed E-state index contributed by atoms with van der Waals surface area (Å²) in [5, 5.41) is 0. The Morgan fingerprint density at radius 2 is 1.71 bits per heavy atom. The average molecular weight is 327 g/mol. The van der Waals surface area contributed by atoms with Crippen LogP contribution in [0.5, 0.6) is 0 Å². The molecule has 0 amide bonds. The van der Waals surface area contributed by atoms with Crippen LogP contribution >= 0.6 is 0 Å². The number of hydrogen-bond donors (Lipinski definition) is 0. The fourth-order valence-corrected chi connectivity index (χ4v) is 2.86. The molecule has 0 aliphatic heterocycles. The summed E-state index contributed by atoms with van der Waals surface area (Å²) in [5.74, 6) is 0.663. The SMILES string of the molecule is CC=CCn1c(=O)c2c(nc3n(CC=CC)c(C)cn23)n(C)c1=O. The second kappa shape index (κ2) is 5.99. The summed E-state index contributed by atoms with van der Waals surface area (Å²) in [4.78, 5) is 29.9. The Morgan fingerprint density at radius 3 is 2.33 bits per heavy atom. The van der Waals surface area contributed by atoms with Crippen molar-refractivity contribution in [2.75, 3.05) is 0 Å². The van der Waals surface area contributed by atoms with Gasteiger partial charge in [0, 0.05) is 32.0 Å². The lowest BCUT2D eigenvalue weighted by molar-refractivity contribution is 0.666. The van der Waals surface area contributed by atoms with Crippen LogP contribution in [0.2, 0.25) is 0 Å². The third kappa shape index (κ3) is 2.24. The third-order valence-corrected chi connectivity index (χ3v) is 4.19. The molecule has 0 bridgehead atoms. The Bertz CT molecular complexity index is 1090. The predicted octanol–water partition coefficient (Wildman–Crippen LogP) is 1.61. The first-order chi connectivity index (χ1) is 11.5. The number of allylic oxidation sites excluding steroid dienone is 4. The second-order valence-corrected chi connectivity index (χ2v) is 5.73. The zero-order valence-electron chi connectivity index (χ0n) is 14.4. The van der Waals surface area contributed by atoms with Gasteiger partial charge in [-0.15, -0.1) is 0 Å². The van der Waals surface area contributed by atoms with E-state index in [2.05, 4.69) is 4.98 Å². The molecule has 7 nitrogen and oxygen atoms in total. The van der Waals surface area contributed by atoms with Crippen molar-refractivity contribution in [2.45, 2.75) is 33.9 Å². The lowest BCUT2D eigenvalue weighted by Crippen LogP contribution is -2.39. The normalized spacial score (nSPS) is 12.5. The minimum Gasteiger partial charge on any atom is -0.310 e. The second-order valence-electron chi connectivity index (χ2n) is 5.73. The predicted molar refractivity (Wildman–Crippen MR) is 94.6 cm³/mol. The molecule has 0 radical (unpaired) electrons. The summed E-state index contributed by atoms with van der Waals surface area (Å²) >= 11 is 0. The van der Waals surface area contributed by atoms with Crippen LogP contribution in [0.15, 0.2) is 40.1 Å². The summed E-state index contributed by atoms with van der Waals surface area (Å²) < 4.78 is 6.46. The van der Waals surface area contributed by atoms with E-state index in [0.717, 1.165) is 5.69 Å². The van der Waals surface area contributed by atoms with Crippen LogP contribution < -0.4 is 11.2 Å². The van der Waals surface area contributed by atoms with E-state index in [9.17, 15) is 9.59 Å². The lowest BCUT2D eigenvalue weighted by Gasteiger charge is -2.05. The molecule has 0 saturated heterocycles. The molecule has 0 fully saturated rings. The first-order valence-corrected chi connectivity index (χ1v) is 7.91. The van der Waals surface area contributed by atoms with Crippen molar-refractivity contribution in [3.05, 3.63) is 57.0 Å². The quantitative estimate of drug-likeness (QED) is 0.684. The fraction of sp³-hybridized carbons (Fsp3) is 0.353. The summed E-state index contributed by atoms with van der Waals surface area (Å²) in [6.07, 6.45) is 9.49. The highest BCUT2D eigenvalue weighted by molar-refractivity contribution is 5.75. The first-order valence-electron chi connectivity index (χ1n) is 7.91. The van der Waals surface area contributed by atoms with E-state index in [-0.39, 0.29) is 17.8 Å². The number of fused-ring (bicyclic) bond motifs is 3.